The third kappa shape index (κ3) is 3.12. The summed E-state index contributed by atoms with van der Waals surface area (Å²) in [4.78, 5) is 23.3. The molecule has 100 valence electrons. The zero-order valence-corrected chi connectivity index (χ0v) is 10.6. The standard InChI is InChI=1S/C14H21NO3/c16-13(10-6-4-5-7-10)15-12-9-3-1-2-8-11(12)14(17)18/h4-5,10-12H,1-3,6-9H2,(H,15,16)(H,17,18)/t11-,12-/m0/s1. The molecule has 2 aliphatic carbocycles. The Morgan fingerprint density at radius 2 is 1.72 bits per heavy atom. The highest BCUT2D eigenvalue weighted by Crippen LogP contribution is 2.25. The number of nitrogens with one attached hydrogen (secondary N) is 1. The normalized spacial score (nSPS) is 28.9. The fourth-order valence-electron chi connectivity index (χ4n) is 2.91. The fraction of sp³-hybridized carbons (Fsp3) is 0.714. The molecule has 0 saturated heterocycles. The van der Waals surface area contributed by atoms with E-state index in [0.29, 0.717) is 6.42 Å². The van der Waals surface area contributed by atoms with Crippen molar-refractivity contribution in [3.63, 3.8) is 0 Å². The van der Waals surface area contributed by atoms with Crippen molar-refractivity contribution in [3.05, 3.63) is 12.2 Å². The molecule has 2 aliphatic rings. The highest BCUT2D eigenvalue weighted by atomic mass is 16.4. The molecule has 0 aliphatic heterocycles. The molecule has 0 aromatic carbocycles. The molecule has 2 rings (SSSR count). The van der Waals surface area contributed by atoms with E-state index >= 15 is 0 Å². The molecule has 1 amide bonds. The van der Waals surface area contributed by atoms with Crippen molar-refractivity contribution in [2.24, 2.45) is 11.8 Å². The number of aliphatic carboxylic acids is 1. The van der Waals surface area contributed by atoms with Crippen LogP contribution in [0.15, 0.2) is 12.2 Å². The van der Waals surface area contributed by atoms with Gasteiger partial charge in [-0.2, -0.15) is 0 Å². The van der Waals surface area contributed by atoms with E-state index in [1.165, 1.54) is 0 Å². The molecule has 0 bridgehead atoms. The zero-order valence-electron chi connectivity index (χ0n) is 10.6. The monoisotopic (exact) mass is 251 g/mol. The van der Waals surface area contributed by atoms with Crippen molar-refractivity contribution >= 4 is 11.9 Å². The van der Waals surface area contributed by atoms with Crippen LogP contribution in [-0.2, 0) is 9.59 Å². The number of carboxylic acid groups (broad SMARTS) is 1. The molecule has 4 nitrogen and oxygen atoms in total. The lowest BCUT2D eigenvalue weighted by molar-refractivity contribution is -0.143. The average molecular weight is 251 g/mol. The second kappa shape index (κ2) is 6.03. The van der Waals surface area contributed by atoms with Gasteiger partial charge in [0, 0.05) is 12.0 Å². The Hall–Kier alpha value is -1.32. The smallest absolute Gasteiger partial charge is 0.308 e. The van der Waals surface area contributed by atoms with E-state index in [0.717, 1.165) is 38.5 Å². The number of rotatable bonds is 3. The molecule has 2 atom stereocenters. The van der Waals surface area contributed by atoms with Crippen LogP contribution in [0.25, 0.3) is 0 Å². The third-order valence-electron chi connectivity index (χ3n) is 4.04. The fourth-order valence-corrected chi connectivity index (χ4v) is 2.91. The van der Waals surface area contributed by atoms with Crippen LogP contribution in [0, 0.1) is 11.8 Å². The van der Waals surface area contributed by atoms with Gasteiger partial charge in [0.15, 0.2) is 0 Å². The van der Waals surface area contributed by atoms with Gasteiger partial charge in [0.1, 0.15) is 0 Å². The first kappa shape index (κ1) is 13.1. The van der Waals surface area contributed by atoms with Crippen LogP contribution in [0.4, 0.5) is 0 Å². The van der Waals surface area contributed by atoms with Crippen LogP contribution in [0.2, 0.25) is 0 Å². The summed E-state index contributed by atoms with van der Waals surface area (Å²) < 4.78 is 0. The van der Waals surface area contributed by atoms with E-state index in [1.54, 1.807) is 0 Å². The number of hydrogen-bond donors (Lipinski definition) is 2. The van der Waals surface area contributed by atoms with Crippen LogP contribution < -0.4 is 5.32 Å². The molecular formula is C14H21NO3. The Labute approximate surface area is 107 Å². The van der Waals surface area contributed by atoms with Crippen molar-refractivity contribution in [1.82, 2.24) is 5.32 Å². The molecule has 2 N–H and O–H groups in total. The maximum Gasteiger partial charge on any atom is 0.308 e. The van der Waals surface area contributed by atoms with E-state index in [4.69, 9.17) is 0 Å². The van der Waals surface area contributed by atoms with Gasteiger partial charge in [-0.05, 0) is 25.7 Å². The summed E-state index contributed by atoms with van der Waals surface area (Å²) in [5.41, 5.74) is 0. The first-order valence-electron chi connectivity index (χ1n) is 6.86. The zero-order chi connectivity index (χ0) is 13.0. The van der Waals surface area contributed by atoms with Gasteiger partial charge in [-0.3, -0.25) is 9.59 Å². The number of hydrogen-bond acceptors (Lipinski definition) is 2. The minimum Gasteiger partial charge on any atom is -0.481 e. The molecule has 1 saturated carbocycles. The topological polar surface area (TPSA) is 66.4 Å². The summed E-state index contributed by atoms with van der Waals surface area (Å²) >= 11 is 0. The second-order valence-corrected chi connectivity index (χ2v) is 5.34. The summed E-state index contributed by atoms with van der Waals surface area (Å²) in [5, 5.41) is 12.2. The van der Waals surface area contributed by atoms with Crippen molar-refractivity contribution in [2.75, 3.05) is 0 Å². The van der Waals surface area contributed by atoms with E-state index < -0.39 is 11.9 Å². The minimum absolute atomic E-state index is 0.0164. The molecule has 0 aromatic heterocycles. The second-order valence-electron chi connectivity index (χ2n) is 5.34. The Morgan fingerprint density at radius 1 is 1.06 bits per heavy atom. The number of carbonyl (C=O) groups is 2. The van der Waals surface area contributed by atoms with Crippen molar-refractivity contribution in [3.8, 4) is 0 Å². The summed E-state index contributed by atoms with van der Waals surface area (Å²) in [5.74, 6) is -1.14. The van der Waals surface area contributed by atoms with Crippen LogP contribution >= 0.6 is 0 Å². The quantitative estimate of drug-likeness (QED) is 0.596. The van der Waals surface area contributed by atoms with Crippen LogP contribution in [-0.4, -0.2) is 23.0 Å². The maximum atomic E-state index is 12.0. The van der Waals surface area contributed by atoms with Gasteiger partial charge in [0.05, 0.1) is 5.92 Å². The third-order valence-corrected chi connectivity index (χ3v) is 4.04. The lowest BCUT2D eigenvalue weighted by Crippen LogP contribution is -2.44. The van der Waals surface area contributed by atoms with Gasteiger partial charge in [-0.25, -0.2) is 0 Å². The number of allylic oxidation sites excluding steroid dienone is 2. The largest absolute Gasteiger partial charge is 0.481 e. The van der Waals surface area contributed by atoms with Gasteiger partial charge in [0.2, 0.25) is 5.91 Å². The molecule has 0 radical (unpaired) electrons. The van der Waals surface area contributed by atoms with E-state index in [-0.39, 0.29) is 17.9 Å². The SMILES string of the molecule is O=C(N[C@H]1CCCCC[C@@H]1C(=O)O)C1CC=CC1. The Balaban J connectivity index is 1.95. The highest BCUT2D eigenvalue weighted by Gasteiger charge is 2.32. The molecule has 0 spiro atoms. The van der Waals surface area contributed by atoms with Gasteiger partial charge >= 0.3 is 5.97 Å². The molecule has 0 aromatic rings. The van der Waals surface area contributed by atoms with Crippen LogP contribution in [0.3, 0.4) is 0 Å². The summed E-state index contributed by atoms with van der Waals surface area (Å²) in [6, 6.07) is -0.182. The maximum absolute atomic E-state index is 12.0. The van der Waals surface area contributed by atoms with Crippen molar-refractivity contribution in [1.29, 1.82) is 0 Å². The van der Waals surface area contributed by atoms with Gasteiger partial charge in [-0.15, -0.1) is 0 Å². The van der Waals surface area contributed by atoms with E-state index in [2.05, 4.69) is 5.32 Å². The van der Waals surface area contributed by atoms with Crippen molar-refractivity contribution in [2.45, 2.75) is 51.0 Å². The number of carbonyl (C=O) groups excluding carboxylic acids is 1. The first-order valence-corrected chi connectivity index (χ1v) is 6.86. The molecule has 1 fully saturated rings. The number of carboxylic acids is 1. The van der Waals surface area contributed by atoms with E-state index in [9.17, 15) is 14.7 Å². The van der Waals surface area contributed by atoms with Gasteiger partial charge in [-0.1, -0.05) is 31.4 Å². The summed E-state index contributed by atoms with van der Waals surface area (Å²) in [6.07, 6.45) is 10.1. The highest BCUT2D eigenvalue weighted by molar-refractivity contribution is 5.81. The lowest BCUT2D eigenvalue weighted by Gasteiger charge is -2.24. The summed E-state index contributed by atoms with van der Waals surface area (Å²) in [6.45, 7) is 0. The van der Waals surface area contributed by atoms with Gasteiger partial charge in [0.25, 0.3) is 0 Å². The predicted molar refractivity (Wildman–Crippen MR) is 68.0 cm³/mol. The lowest BCUT2D eigenvalue weighted by atomic mass is 9.94. The Kier molecular flexibility index (Phi) is 4.39. The average Bonchev–Trinajstić information content (AvgIpc) is 2.77. The summed E-state index contributed by atoms with van der Waals surface area (Å²) in [7, 11) is 0. The van der Waals surface area contributed by atoms with Gasteiger partial charge < -0.3 is 10.4 Å². The van der Waals surface area contributed by atoms with Crippen LogP contribution in [0.1, 0.15) is 44.9 Å². The van der Waals surface area contributed by atoms with Crippen LogP contribution in [0.5, 0.6) is 0 Å². The van der Waals surface area contributed by atoms with E-state index in [1.807, 2.05) is 12.2 Å². The predicted octanol–water partition coefficient (Wildman–Crippen LogP) is 2.10. The number of amides is 1. The molecular weight excluding hydrogens is 230 g/mol. The van der Waals surface area contributed by atoms with Crippen molar-refractivity contribution < 1.29 is 14.7 Å². The Morgan fingerprint density at radius 3 is 2.39 bits per heavy atom. The molecule has 4 heteroatoms. The Bertz CT molecular complexity index is 343. The minimum atomic E-state index is -0.772. The first-order chi connectivity index (χ1) is 8.68. The molecule has 0 heterocycles. The molecule has 18 heavy (non-hydrogen) atoms. The molecule has 0 unspecified atom stereocenters.